The van der Waals surface area contributed by atoms with Crippen LogP contribution in [0.25, 0.3) is 11.4 Å². The van der Waals surface area contributed by atoms with Crippen LogP contribution in [0, 0.1) is 0 Å². The highest BCUT2D eigenvalue weighted by Crippen LogP contribution is 2.11. The number of rotatable bonds is 3. The minimum absolute atomic E-state index is 0.732. The normalized spacial score (nSPS) is 10.5. The fourth-order valence-electron chi connectivity index (χ4n) is 1.44. The van der Waals surface area contributed by atoms with E-state index in [0.717, 1.165) is 29.8 Å². The van der Waals surface area contributed by atoms with E-state index in [4.69, 9.17) is 7.85 Å². The van der Waals surface area contributed by atoms with Crippen LogP contribution < -0.4 is 5.46 Å². The third-order valence-electron chi connectivity index (χ3n) is 2.13. The summed E-state index contributed by atoms with van der Waals surface area (Å²) in [6.07, 6.45) is 2.81. The van der Waals surface area contributed by atoms with Crippen molar-refractivity contribution in [2.24, 2.45) is 0 Å². The highest BCUT2D eigenvalue weighted by atomic mass is 15.3. The molecule has 15 heavy (non-hydrogen) atoms. The maximum atomic E-state index is 5.70. The van der Waals surface area contributed by atoms with E-state index in [0.29, 0.717) is 0 Å². The van der Waals surface area contributed by atoms with Gasteiger partial charge in [0.05, 0.1) is 0 Å². The molecule has 74 valence electrons. The van der Waals surface area contributed by atoms with Gasteiger partial charge in [-0.15, -0.1) is 0 Å². The zero-order valence-corrected chi connectivity index (χ0v) is 8.72. The zero-order chi connectivity index (χ0) is 10.7. The molecular weight excluding hydrogens is 185 g/mol. The SMILES string of the molecule is [B]c1cccc(-c2ncn(CCC)n2)c1. The van der Waals surface area contributed by atoms with E-state index in [2.05, 4.69) is 17.0 Å². The molecule has 2 radical (unpaired) electrons. The molecule has 0 saturated carbocycles. The Kier molecular flexibility index (Phi) is 2.85. The maximum absolute atomic E-state index is 5.70. The Labute approximate surface area is 90.6 Å². The Hall–Kier alpha value is -1.58. The molecule has 0 N–H and O–H groups in total. The van der Waals surface area contributed by atoms with Gasteiger partial charge in [0.1, 0.15) is 14.2 Å². The van der Waals surface area contributed by atoms with Crippen LogP contribution in [0.15, 0.2) is 30.6 Å². The quantitative estimate of drug-likeness (QED) is 0.691. The lowest BCUT2D eigenvalue weighted by molar-refractivity contribution is 0.602. The van der Waals surface area contributed by atoms with Crippen LogP contribution in [0.3, 0.4) is 0 Å². The van der Waals surface area contributed by atoms with Gasteiger partial charge in [-0.1, -0.05) is 36.7 Å². The summed E-state index contributed by atoms with van der Waals surface area (Å²) in [5, 5.41) is 4.36. The molecule has 3 nitrogen and oxygen atoms in total. The number of aryl methyl sites for hydroxylation is 1. The van der Waals surface area contributed by atoms with Crippen molar-refractivity contribution < 1.29 is 0 Å². The summed E-state index contributed by atoms with van der Waals surface area (Å²) in [4.78, 5) is 4.24. The van der Waals surface area contributed by atoms with Crippen LogP contribution >= 0.6 is 0 Å². The first-order valence-corrected chi connectivity index (χ1v) is 5.05. The molecule has 1 aromatic heterocycles. The number of aromatic nitrogens is 3. The van der Waals surface area contributed by atoms with Crippen LogP contribution in [0.2, 0.25) is 0 Å². The largest absolute Gasteiger partial charge is 0.252 e. The highest BCUT2D eigenvalue weighted by Gasteiger charge is 2.02. The number of benzene rings is 1. The van der Waals surface area contributed by atoms with Gasteiger partial charge in [0, 0.05) is 12.1 Å². The lowest BCUT2D eigenvalue weighted by atomic mass is 9.94. The summed E-state index contributed by atoms with van der Waals surface area (Å²) < 4.78 is 1.85. The van der Waals surface area contributed by atoms with Gasteiger partial charge in [0.2, 0.25) is 0 Å². The molecule has 4 heteroatoms. The van der Waals surface area contributed by atoms with Gasteiger partial charge in [0.25, 0.3) is 0 Å². The molecule has 0 saturated heterocycles. The third kappa shape index (κ3) is 2.26. The van der Waals surface area contributed by atoms with E-state index in [1.54, 1.807) is 6.33 Å². The van der Waals surface area contributed by atoms with Crippen LogP contribution in [0.4, 0.5) is 0 Å². The van der Waals surface area contributed by atoms with E-state index >= 15 is 0 Å². The molecule has 2 rings (SSSR count). The summed E-state index contributed by atoms with van der Waals surface area (Å²) in [7, 11) is 5.70. The highest BCUT2D eigenvalue weighted by molar-refractivity contribution is 6.32. The van der Waals surface area contributed by atoms with Crippen molar-refractivity contribution in [3.63, 3.8) is 0 Å². The van der Waals surface area contributed by atoms with Gasteiger partial charge in [-0.25, -0.2) is 4.98 Å². The van der Waals surface area contributed by atoms with E-state index < -0.39 is 0 Å². The molecule has 0 atom stereocenters. The van der Waals surface area contributed by atoms with Crippen LogP contribution in [-0.2, 0) is 6.54 Å². The fourth-order valence-corrected chi connectivity index (χ4v) is 1.44. The first-order chi connectivity index (χ1) is 7.29. The van der Waals surface area contributed by atoms with Gasteiger partial charge < -0.3 is 0 Å². The number of hydrogen-bond donors (Lipinski definition) is 0. The maximum Gasteiger partial charge on any atom is 0.181 e. The molecule has 0 spiro atoms. The smallest absolute Gasteiger partial charge is 0.181 e. The standard InChI is InChI=1S/C11H12BN3/c1-2-6-15-8-13-11(14-15)9-4-3-5-10(12)7-9/h3-5,7-8H,2,6H2,1H3. The van der Waals surface area contributed by atoms with Crippen molar-refractivity contribution in [3.05, 3.63) is 30.6 Å². The van der Waals surface area contributed by atoms with E-state index in [1.807, 2.05) is 28.9 Å². The van der Waals surface area contributed by atoms with Crippen LogP contribution in [-0.4, -0.2) is 22.6 Å². The molecule has 1 aromatic carbocycles. The Morgan fingerprint density at radius 2 is 2.27 bits per heavy atom. The second-order valence-electron chi connectivity index (χ2n) is 3.46. The monoisotopic (exact) mass is 197 g/mol. The molecule has 0 bridgehead atoms. The van der Waals surface area contributed by atoms with Crippen molar-refractivity contribution in [2.75, 3.05) is 0 Å². The van der Waals surface area contributed by atoms with Gasteiger partial charge >= 0.3 is 0 Å². The molecule has 0 amide bonds. The van der Waals surface area contributed by atoms with Gasteiger partial charge in [0.15, 0.2) is 5.82 Å². The first kappa shape index (κ1) is 9.96. The second-order valence-corrected chi connectivity index (χ2v) is 3.46. The summed E-state index contributed by atoms with van der Waals surface area (Å²) in [6, 6.07) is 7.60. The first-order valence-electron chi connectivity index (χ1n) is 5.05. The molecule has 0 aliphatic heterocycles. The van der Waals surface area contributed by atoms with E-state index in [9.17, 15) is 0 Å². The van der Waals surface area contributed by atoms with Crippen molar-refractivity contribution in [3.8, 4) is 11.4 Å². The molecule has 0 aliphatic carbocycles. The summed E-state index contributed by atoms with van der Waals surface area (Å²) in [5.41, 5.74) is 1.70. The minimum Gasteiger partial charge on any atom is -0.252 e. The van der Waals surface area contributed by atoms with Crippen LogP contribution in [0.1, 0.15) is 13.3 Å². The van der Waals surface area contributed by atoms with Crippen molar-refractivity contribution in [1.82, 2.24) is 14.8 Å². The minimum atomic E-state index is 0.732. The number of nitrogens with zero attached hydrogens (tertiary/aromatic N) is 3. The van der Waals surface area contributed by atoms with Crippen molar-refractivity contribution >= 4 is 13.3 Å². The second kappa shape index (κ2) is 4.30. The Bertz CT molecular complexity index is 451. The Morgan fingerprint density at radius 1 is 1.40 bits per heavy atom. The fraction of sp³-hybridized carbons (Fsp3) is 0.273. The summed E-state index contributed by atoms with van der Waals surface area (Å²) >= 11 is 0. The molecular formula is C11H12BN3. The van der Waals surface area contributed by atoms with Gasteiger partial charge in [-0.05, 0) is 6.42 Å². The molecule has 2 aromatic rings. The molecule has 1 heterocycles. The zero-order valence-electron chi connectivity index (χ0n) is 8.72. The topological polar surface area (TPSA) is 30.7 Å². The predicted octanol–water partition coefficient (Wildman–Crippen LogP) is 1.15. The molecule has 0 unspecified atom stereocenters. The average Bonchev–Trinajstić information content (AvgIpc) is 2.67. The predicted molar refractivity (Wildman–Crippen MR) is 61.1 cm³/mol. The summed E-state index contributed by atoms with van der Waals surface area (Å²) in [5.74, 6) is 0.732. The van der Waals surface area contributed by atoms with Crippen LogP contribution in [0.5, 0.6) is 0 Å². The Morgan fingerprint density at radius 3 is 3.00 bits per heavy atom. The lowest BCUT2D eigenvalue weighted by Crippen LogP contribution is -2.01. The van der Waals surface area contributed by atoms with E-state index in [-0.39, 0.29) is 0 Å². The van der Waals surface area contributed by atoms with E-state index in [1.165, 1.54) is 0 Å². The number of hydrogen-bond acceptors (Lipinski definition) is 2. The molecule has 0 fully saturated rings. The van der Waals surface area contributed by atoms with Crippen molar-refractivity contribution in [1.29, 1.82) is 0 Å². The lowest BCUT2D eigenvalue weighted by Gasteiger charge is -1.97. The average molecular weight is 197 g/mol. The molecule has 0 aliphatic rings. The van der Waals surface area contributed by atoms with Gasteiger partial charge in [-0.3, -0.25) is 4.68 Å². The summed E-state index contributed by atoms with van der Waals surface area (Å²) in [6.45, 7) is 3.01. The van der Waals surface area contributed by atoms with Gasteiger partial charge in [-0.2, -0.15) is 5.10 Å². The third-order valence-corrected chi connectivity index (χ3v) is 2.13. The Balaban J connectivity index is 2.29. The van der Waals surface area contributed by atoms with Crippen molar-refractivity contribution in [2.45, 2.75) is 19.9 Å².